The Kier molecular flexibility index (Phi) is 4.57. The van der Waals surface area contributed by atoms with Crippen LogP contribution in [-0.4, -0.2) is 45.3 Å². The minimum absolute atomic E-state index is 0.0997. The molecule has 1 aliphatic heterocycles. The van der Waals surface area contributed by atoms with Crippen LogP contribution in [0, 0.1) is 11.6 Å². The number of hydrogen-bond donors (Lipinski definition) is 2. The Morgan fingerprint density at radius 1 is 1.27 bits per heavy atom. The molecule has 0 aliphatic carbocycles. The van der Waals surface area contributed by atoms with Gasteiger partial charge in [-0.3, -0.25) is 4.90 Å². The standard InChI is InChI=1S/C19H19F2N3O2/c20-13-6-14(21)8-15(7-13)26-18-3-5-24(11-17(18)25)10-12-9-23-19-16(12)2-1-4-22-19/h1-2,4,6-9,17-18,25H,3,5,10-11H2,(H,22,23)/t17-,18-/m1/s1. The van der Waals surface area contributed by atoms with E-state index in [0.717, 1.165) is 34.8 Å². The second kappa shape index (κ2) is 7.01. The summed E-state index contributed by atoms with van der Waals surface area (Å²) >= 11 is 0. The Hall–Kier alpha value is -2.51. The highest BCUT2D eigenvalue weighted by Crippen LogP contribution is 2.24. The molecule has 1 saturated heterocycles. The summed E-state index contributed by atoms with van der Waals surface area (Å²) in [7, 11) is 0. The first-order valence-electron chi connectivity index (χ1n) is 8.52. The normalized spacial score (nSPS) is 21.2. The van der Waals surface area contributed by atoms with E-state index in [2.05, 4.69) is 14.9 Å². The number of H-pyrrole nitrogens is 1. The van der Waals surface area contributed by atoms with Gasteiger partial charge in [0.2, 0.25) is 0 Å². The number of benzene rings is 1. The van der Waals surface area contributed by atoms with Gasteiger partial charge in [0.25, 0.3) is 0 Å². The first-order chi connectivity index (χ1) is 12.6. The Balaban J connectivity index is 1.40. The fraction of sp³-hybridized carbons (Fsp3) is 0.316. The van der Waals surface area contributed by atoms with Gasteiger partial charge < -0.3 is 14.8 Å². The van der Waals surface area contributed by atoms with E-state index in [1.807, 2.05) is 18.3 Å². The van der Waals surface area contributed by atoms with Crippen LogP contribution >= 0.6 is 0 Å². The average molecular weight is 359 g/mol. The Bertz CT molecular complexity index is 894. The van der Waals surface area contributed by atoms with Crippen molar-refractivity contribution in [1.29, 1.82) is 0 Å². The molecule has 1 aliphatic rings. The van der Waals surface area contributed by atoms with Crippen molar-refractivity contribution in [2.75, 3.05) is 13.1 Å². The number of nitrogens with one attached hydrogen (secondary N) is 1. The van der Waals surface area contributed by atoms with Crippen molar-refractivity contribution in [3.63, 3.8) is 0 Å². The summed E-state index contributed by atoms with van der Waals surface area (Å²) in [6.45, 7) is 1.83. The van der Waals surface area contributed by atoms with Crippen molar-refractivity contribution < 1.29 is 18.6 Å². The third kappa shape index (κ3) is 3.54. The quantitative estimate of drug-likeness (QED) is 0.752. The number of aromatic amines is 1. The number of fused-ring (bicyclic) bond motifs is 1. The topological polar surface area (TPSA) is 61.4 Å². The van der Waals surface area contributed by atoms with Crippen LogP contribution in [0.4, 0.5) is 8.78 Å². The number of pyridine rings is 1. The molecular formula is C19H19F2N3O2. The Morgan fingerprint density at radius 3 is 2.85 bits per heavy atom. The minimum atomic E-state index is -0.738. The second-order valence-corrected chi connectivity index (χ2v) is 6.57. The van der Waals surface area contributed by atoms with E-state index in [4.69, 9.17) is 4.74 Å². The van der Waals surface area contributed by atoms with Gasteiger partial charge in [0.05, 0.1) is 0 Å². The summed E-state index contributed by atoms with van der Waals surface area (Å²) in [5.41, 5.74) is 1.96. The van der Waals surface area contributed by atoms with Crippen LogP contribution in [0.3, 0.4) is 0 Å². The van der Waals surface area contributed by atoms with Gasteiger partial charge in [0, 0.05) is 55.6 Å². The summed E-state index contributed by atoms with van der Waals surface area (Å²) in [6.07, 6.45) is 3.02. The smallest absolute Gasteiger partial charge is 0.137 e. The molecule has 7 heteroatoms. The molecule has 2 atom stereocenters. The lowest BCUT2D eigenvalue weighted by atomic mass is 10.0. The highest BCUT2D eigenvalue weighted by molar-refractivity contribution is 5.79. The number of hydrogen-bond acceptors (Lipinski definition) is 4. The summed E-state index contributed by atoms with van der Waals surface area (Å²) < 4.78 is 32.2. The zero-order valence-electron chi connectivity index (χ0n) is 14.0. The number of ether oxygens (including phenoxy) is 1. The van der Waals surface area contributed by atoms with E-state index in [-0.39, 0.29) is 5.75 Å². The fourth-order valence-corrected chi connectivity index (χ4v) is 3.41. The molecule has 0 spiro atoms. The van der Waals surface area contributed by atoms with Gasteiger partial charge in [-0.05, 0) is 24.1 Å². The molecule has 26 heavy (non-hydrogen) atoms. The highest BCUT2D eigenvalue weighted by atomic mass is 19.1. The van der Waals surface area contributed by atoms with E-state index in [1.54, 1.807) is 6.20 Å². The monoisotopic (exact) mass is 359 g/mol. The number of β-amino-alcohol motifs (C(OH)–C–C–N with tert-alkyl or cyclic N) is 1. The lowest BCUT2D eigenvalue weighted by Crippen LogP contribution is -2.48. The predicted molar refractivity (Wildman–Crippen MR) is 92.8 cm³/mol. The maximum absolute atomic E-state index is 13.3. The van der Waals surface area contributed by atoms with E-state index in [0.29, 0.717) is 26.1 Å². The third-order valence-corrected chi connectivity index (χ3v) is 4.66. The molecule has 0 unspecified atom stereocenters. The number of rotatable bonds is 4. The molecule has 1 aromatic carbocycles. The molecular weight excluding hydrogens is 340 g/mol. The van der Waals surface area contributed by atoms with Crippen molar-refractivity contribution >= 4 is 11.0 Å². The van der Waals surface area contributed by atoms with E-state index >= 15 is 0 Å². The van der Waals surface area contributed by atoms with E-state index in [9.17, 15) is 13.9 Å². The van der Waals surface area contributed by atoms with Crippen LogP contribution in [0.15, 0.2) is 42.7 Å². The fourth-order valence-electron chi connectivity index (χ4n) is 3.41. The summed E-state index contributed by atoms with van der Waals surface area (Å²) in [4.78, 5) is 9.55. The maximum atomic E-state index is 13.3. The van der Waals surface area contributed by atoms with Gasteiger partial charge >= 0.3 is 0 Å². The first-order valence-corrected chi connectivity index (χ1v) is 8.52. The number of nitrogens with zero attached hydrogens (tertiary/aromatic N) is 2. The van der Waals surface area contributed by atoms with Gasteiger partial charge in [-0.1, -0.05) is 0 Å². The molecule has 1 fully saturated rings. The molecule has 0 bridgehead atoms. The predicted octanol–water partition coefficient (Wildman–Crippen LogP) is 2.86. The molecule has 0 amide bonds. The van der Waals surface area contributed by atoms with Gasteiger partial charge in [0.1, 0.15) is 35.2 Å². The van der Waals surface area contributed by atoms with Crippen molar-refractivity contribution in [3.8, 4) is 5.75 Å². The van der Waals surface area contributed by atoms with Crippen molar-refractivity contribution in [2.24, 2.45) is 0 Å². The molecule has 2 N–H and O–H groups in total. The second-order valence-electron chi connectivity index (χ2n) is 6.57. The largest absolute Gasteiger partial charge is 0.487 e. The summed E-state index contributed by atoms with van der Waals surface area (Å²) in [5.74, 6) is -1.29. The highest BCUT2D eigenvalue weighted by Gasteiger charge is 2.29. The van der Waals surface area contributed by atoms with Gasteiger partial charge in [0.15, 0.2) is 0 Å². The van der Waals surface area contributed by atoms with Crippen LogP contribution in [0.2, 0.25) is 0 Å². The van der Waals surface area contributed by atoms with Gasteiger partial charge in [-0.25, -0.2) is 13.8 Å². The number of aliphatic hydroxyl groups excluding tert-OH is 1. The summed E-state index contributed by atoms with van der Waals surface area (Å²) in [6, 6.07) is 6.95. The molecule has 3 aromatic rings. The summed E-state index contributed by atoms with van der Waals surface area (Å²) in [5, 5.41) is 11.5. The minimum Gasteiger partial charge on any atom is -0.487 e. The Morgan fingerprint density at radius 2 is 2.08 bits per heavy atom. The number of halogens is 2. The van der Waals surface area contributed by atoms with Crippen molar-refractivity contribution in [3.05, 3.63) is 59.9 Å². The lowest BCUT2D eigenvalue weighted by Gasteiger charge is -2.35. The van der Waals surface area contributed by atoms with Gasteiger partial charge in [-0.15, -0.1) is 0 Å². The maximum Gasteiger partial charge on any atom is 0.137 e. The molecule has 2 aromatic heterocycles. The van der Waals surface area contributed by atoms with Crippen LogP contribution < -0.4 is 4.74 Å². The Labute approximate surface area is 149 Å². The van der Waals surface area contributed by atoms with Crippen molar-refractivity contribution in [1.82, 2.24) is 14.9 Å². The number of aromatic nitrogens is 2. The number of aliphatic hydroxyl groups is 1. The van der Waals surface area contributed by atoms with Crippen LogP contribution in [-0.2, 0) is 6.54 Å². The first kappa shape index (κ1) is 16.9. The average Bonchev–Trinajstić information content (AvgIpc) is 3.00. The molecule has 0 saturated carbocycles. The number of likely N-dealkylation sites (tertiary alicyclic amines) is 1. The molecule has 0 radical (unpaired) electrons. The SMILES string of the molecule is O[C@@H]1CN(Cc2c[nH]c3ncccc23)CC[C@H]1Oc1cc(F)cc(F)c1. The van der Waals surface area contributed by atoms with Crippen LogP contribution in [0.1, 0.15) is 12.0 Å². The van der Waals surface area contributed by atoms with E-state index in [1.165, 1.54) is 0 Å². The lowest BCUT2D eigenvalue weighted by molar-refractivity contribution is -0.0276. The molecule has 3 heterocycles. The molecule has 136 valence electrons. The van der Waals surface area contributed by atoms with Crippen molar-refractivity contribution in [2.45, 2.75) is 25.2 Å². The third-order valence-electron chi connectivity index (χ3n) is 4.66. The zero-order chi connectivity index (χ0) is 18.1. The number of piperidine rings is 1. The molecule has 4 rings (SSSR count). The van der Waals surface area contributed by atoms with Crippen LogP contribution in [0.5, 0.6) is 5.75 Å². The van der Waals surface area contributed by atoms with Gasteiger partial charge in [-0.2, -0.15) is 0 Å². The van der Waals surface area contributed by atoms with Crippen LogP contribution in [0.25, 0.3) is 11.0 Å². The van der Waals surface area contributed by atoms with E-state index < -0.39 is 23.8 Å². The molecule has 5 nitrogen and oxygen atoms in total. The zero-order valence-corrected chi connectivity index (χ0v) is 14.0.